The fraction of sp³-hybridized carbons (Fsp3) is 0.684. The molecule has 0 aliphatic carbocycles. The number of methoxy groups -OCH3 is 1. The minimum absolute atomic E-state index is 0.725. The minimum atomic E-state index is 0.725. The molecule has 3 heteroatoms. The number of fused-ring (bicyclic) bond motifs is 4. The number of rotatable bonds is 6. The molecule has 3 fully saturated rings. The van der Waals surface area contributed by atoms with Gasteiger partial charge in [-0.2, -0.15) is 0 Å². The molecular weight excluding hydrogens is 272 g/mol. The van der Waals surface area contributed by atoms with E-state index >= 15 is 0 Å². The van der Waals surface area contributed by atoms with Gasteiger partial charge in [0.1, 0.15) is 0 Å². The van der Waals surface area contributed by atoms with E-state index in [4.69, 9.17) is 4.74 Å². The third-order valence-electron chi connectivity index (χ3n) is 5.38. The Balaban J connectivity index is 1.66. The zero-order chi connectivity index (χ0) is 15.4. The first-order valence-electron chi connectivity index (χ1n) is 8.82. The van der Waals surface area contributed by atoms with E-state index in [1.54, 1.807) is 0 Å². The van der Waals surface area contributed by atoms with Crippen molar-refractivity contribution in [3.05, 3.63) is 35.4 Å². The van der Waals surface area contributed by atoms with Gasteiger partial charge in [-0.25, -0.2) is 0 Å². The van der Waals surface area contributed by atoms with E-state index in [1.165, 1.54) is 43.6 Å². The summed E-state index contributed by atoms with van der Waals surface area (Å²) in [4.78, 5) is 5.37. The largest absolute Gasteiger partial charge is 0.383 e. The smallest absolute Gasteiger partial charge is 0.0589 e. The Hall–Kier alpha value is -0.900. The first kappa shape index (κ1) is 16.0. The van der Waals surface area contributed by atoms with Crippen molar-refractivity contribution in [3.8, 4) is 0 Å². The van der Waals surface area contributed by atoms with Gasteiger partial charge < -0.3 is 4.74 Å². The summed E-state index contributed by atoms with van der Waals surface area (Å²) in [5.74, 6) is 0.837. The predicted molar refractivity (Wildman–Crippen MR) is 91.1 cm³/mol. The normalized spacial score (nSPS) is 26.3. The summed E-state index contributed by atoms with van der Waals surface area (Å²) in [6.45, 7) is 9.09. The molecule has 3 saturated heterocycles. The van der Waals surface area contributed by atoms with Crippen LogP contribution in [0.5, 0.6) is 0 Å². The van der Waals surface area contributed by atoms with Gasteiger partial charge in [0.2, 0.25) is 0 Å². The van der Waals surface area contributed by atoms with Gasteiger partial charge in [-0.05, 0) is 36.3 Å². The Kier molecular flexibility index (Phi) is 5.51. The highest BCUT2D eigenvalue weighted by atomic mass is 16.5. The summed E-state index contributed by atoms with van der Waals surface area (Å²) in [5, 5.41) is 0. The Morgan fingerprint density at radius 3 is 2.68 bits per heavy atom. The first-order valence-corrected chi connectivity index (χ1v) is 8.82. The van der Waals surface area contributed by atoms with E-state index in [9.17, 15) is 0 Å². The number of nitrogens with zero attached hydrogens (tertiary/aromatic N) is 2. The lowest BCUT2D eigenvalue weighted by atomic mass is 9.95. The number of piperidine rings is 1. The number of hydrogen-bond donors (Lipinski definition) is 0. The van der Waals surface area contributed by atoms with E-state index in [0.29, 0.717) is 0 Å². The van der Waals surface area contributed by atoms with Gasteiger partial charge in [0.05, 0.1) is 6.61 Å². The molecule has 0 spiro atoms. The number of benzene rings is 1. The van der Waals surface area contributed by atoms with E-state index in [0.717, 1.165) is 38.1 Å². The summed E-state index contributed by atoms with van der Waals surface area (Å²) >= 11 is 0. The Morgan fingerprint density at radius 1 is 1.09 bits per heavy atom. The molecule has 1 aromatic rings. The van der Waals surface area contributed by atoms with Gasteiger partial charge in [-0.3, -0.25) is 9.80 Å². The van der Waals surface area contributed by atoms with E-state index < -0.39 is 0 Å². The van der Waals surface area contributed by atoms with Crippen LogP contribution in [0, 0.1) is 5.92 Å². The molecule has 122 valence electrons. The highest BCUT2D eigenvalue weighted by Gasteiger charge is 2.34. The third kappa shape index (κ3) is 3.70. The molecule has 2 atom stereocenters. The van der Waals surface area contributed by atoms with Crippen LogP contribution in [0.3, 0.4) is 0 Å². The van der Waals surface area contributed by atoms with Gasteiger partial charge in [0.15, 0.2) is 0 Å². The van der Waals surface area contributed by atoms with Crippen molar-refractivity contribution in [1.29, 1.82) is 0 Å². The summed E-state index contributed by atoms with van der Waals surface area (Å²) in [7, 11) is 1.81. The maximum atomic E-state index is 5.29. The average Bonchev–Trinajstić information content (AvgIpc) is 2.84. The summed E-state index contributed by atoms with van der Waals surface area (Å²) in [6, 6.07) is 9.68. The maximum Gasteiger partial charge on any atom is 0.0589 e. The van der Waals surface area contributed by atoms with Crippen molar-refractivity contribution >= 4 is 0 Å². The molecule has 0 N–H and O–H groups in total. The van der Waals surface area contributed by atoms with Gasteiger partial charge in [-0.15, -0.1) is 0 Å². The van der Waals surface area contributed by atoms with Crippen molar-refractivity contribution in [1.82, 2.24) is 9.80 Å². The maximum absolute atomic E-state index is 5.29. The lowest BCUT2D eigenvalue weighted by molar-refractivity contribution is 0.0867. The van der Waals surface area contributed by atoms with Crippen LogP contribution in [0.15, 0.2) is 24.3 Å². The SMILES string of the molecule is CCc1ccccc1CN1C[C@H]2CC[C@@H](C1)N(CCOC)C2. The van der Waals surface area contributed by atoms with Crippen LogP contribution in [-0.2, 0) is 17.7 Å². The van der Waals surface area contributed by atoms with E-state index in [2.05, 4.69) is 41.0 Å². The zero-order valence-corrected chi connectivity index (χ0v) is 14.1. The summed E-state index contributed by atoms with van der Waals surface area (Å²) < 4.78 is 5.29. The van der Waals surface area contributed by atoms with Gasteiger partial charge in [0, 0.05) is 45.9 Å². The summed E-state index contributed by atoms with van der Waals surface area (Å²) in [6.07, 6.45) is 3.90. The van der Waals surface area contributed by atoms with Crippen LogP contribution in [0.2, 0.25) is 0 Å². The standard InChI is InChI=1S/C19H30N2O/c1-3-17-6-4-5-7-18(17)14-20-12-16-8-9-19(15-20)21(13-16)10-11-22-2/h4-7,16,19H,3,8-15H2,1-2H3/t16-,19+/m1/s1. The highest BCUT2D eigenvalue weighted by Crippen LogP contribution is 2.29. The number of hydrogen-bond acceptors (Lipinski definition) is 3. The molecule has 3 nitrogen and oxygen atoms in total. The Morgan fingerprint density at radius 2 is 1.91 bits per heavy atom. The van der Waals surface area contributed by atoms with Crippen LogP contribution in [0.25, 0.3) is 0 Å². The zero-order valence-electron chi connectivity index (χ0n) is 14.1. The molecule has 3 aliphatic heterocycles. The van der Waals surface area contributed by atoms with Crippen LogP contribution >= 0.6 is 0 Å². The molecule has 3 heterocycles. The molecule has 0 saturated carbocycles. The van der Waals surface area contributed by atoms with Crippen LogP contribution < -0.4 is 0 Å². The van der Waals surface area contributed by atoms with Crippen LogP contribution in [0.4, 0.5) is 0 Å². The van der Waals surface area contributed by atoms with Gasteiger partial charge in [0.25, 0.3) is 0 Å². The molecule has 0 unspecified atom stereocenters. The van der Waals surface area contributed by atoms with Crippen molar-refractivity contribution < 1.29 is 4.74 Å². The lowest BCUT2D eigenvalue weighted by Crippen LogP contribution is -2.45. The fourth-order valence-electron chi connectivity index (χ4n) is 4.19. The third-order valence-corrected chi connectivity index (χ3v) is 5.38. The van der Waals surface area contributed by atoms with Crippen molar-refractivity contribution in [2.45, 2.75) is 38.8 Å². The fourth-order valence-corrected chi connectivity index (χ4v) is 4.19. The summed E-state index contributed by atoms with van der Waals surface area (Å²) in [5.41, 5.74) is 3.03. The molecule has 3 aliphatic rings. The highest BCUT2D eigenvalue weighted by molar-refractivity contribution is 5.27. The molecule has 0 amide bonds. The second-order valence-electron chi connectivity index (χ2n) is 6.90. The lowest BCUT2D eigenvalue weighted by Gasteiger charge is -2.35. The van der Waals surface area contributed by atoms with Gasteiger partial charge >= 0.3 is 0 Å². The van der Waals surface area contributed by atoms with Crippen molar-refractivity contribution in [3.63, 3.8) is 0 Å². The molecule has 4 rings (SSSR count). The van der Waals surface area contributed by atoms with E-state index in [1.807, 2.05) is 7.11 Å². The number of ether oxygens (including phenoxy) is 1. The van der Waals surface area contributed by atoms with Gasteiger partial charge in [-0.1, -0.05) is 31.2 Å². The number of aryl methyl sites for hydroxylation is 1. The molecule has 0 aromatic heterocycles. The molecule has 1 aromatic carbocycles. The average molecular weight is 302 g/mol. The quantitative estimate of drug-likeness (QED) is 0.803. The monoisotopic (exact) mass is 302 g/mol. The second-order valence-corrected chi connectivity index (χ2v) is 6.90. The molecule has 0 radical (unpaired) electrons. The topological polar surface area (TPSA) is 15.7 Å². The molecular formula is C19H30N2O. The Bertz CT molecular complexity index is 476. The van der Waals surface area contributed by atoms with Crippen LogP contribution in [-0.4, -0.2) is 55.7 Å². The Labute approximate surface area is 135 Å². The predicted octanol–water partition coefficient (Wildman–Crippen LogP) is 2.79. The molecule has 22 heavy (non-hydrogen) atoms. The minimum Gasteiger partial charge on any atom is -0.383 e. The second kappa shape index (κ2) is 7.58. The van der Waals surface area contributed by atoms with E-state index in [-0.39, 0.29) is 0 Å². The van der Waals surface area contributed by atoms with Crippen molar-refractivity contribution in [2.75, 3.05) is 39.9 Å². The van der Waals surface area contributed by atoms with Crippen molar-refractivity contribution in [2.24, 2.45) is 5.92 Å². The first-order chi connectivity index (χ1) is 10.8. The van der Waals surface area contributed by atoms with Crippen LogP contribution in [0.1, 0.15) is 30.9 Å². The molecule has 2 bridgehead atoms.